The SMILES string of the molecule is CN(C)CCN(Cc1cccnc1)S(=O)(=O)c1ccc(Cl)cc1F. The minimum Gasteiger partial charge on any atom is -0.308 e. The van der Waals surface area contributed by atoms with Crippen LogP contribution in [0.5, 0.6) is 0 Å². The second-order valence-corrected chi connectivity index (χ2v) is 7.92. The summed E-state index contributed by atoms with van der Waals surface area (Å²) in [5, 5.41) is 0.151. The molecule has 2 aromatic rings. The van der Waals surface area contributed by atoms with Crippen molar-refractivity contribution in [3.05, 3.63) is 59.1 Å². The molecule has 8 heteroatoms. The summed E-state index contributed by atoms with van der Waals surface area (Å²) in [6.45, 7) is 0.854. The number of benzene rings is 1. The van der Waals surface area contributed by atoms with Crippen molar-refractivity contribution in [2.75, 3.05) is 27.2 Å². The topological polar surface area (TPSA) is 53.5 Å². The molecular weight excluding hydrogens is 353 g/mol. The molecule has 1 heterocycles. The minimum absolute atomic E-state index is 0.117. The van der Waals surface area contributed by atoms with E-state index in [2.05, 4.69) is 4.98 Å². The summed E-state index contributed by atoms with van der Waals surface area (Å²) in [5.74, 6) is -0.858. The molecule has 0 spiro atoms. The smallest absolute Gasteiger partial charge is 0.246 e. The summed E-state index contributed by atoms with van der Waals surface area (Å²) < 4.78 is 41.1. The van der Waals surface area contributed by atoms with Crippen LogP contribution in [0.15, 0.2) is 47.6 Å². The highest BCUT2D eigenvalue weighted by atomic mass is 35.5. The highest BCUT2D eigenvalue weighted by Gasteiger charge is 2.27. The molecule has 0 aliphatic rings. The molecule has 0 amide bonds. The monoisotopic (exact) mass is 371 g/mol. The number of nitrogens with zero attached hydrogens (tertiary/aromatic N) is 3. The number of sulfonamides is 1. The molecule has 2 rings (SSSR count). The van der Waals surface area contributed by atoms with E-state index in [1.54, 1.807) is 24.5 Å². The van der Waals surface area contributed by atoms with Crippen LogP contribution in [0.3, 0.4) is 0 Å². The summed E-state index contributed by atoms with van der Waals surface area (Å²) in [7, 11) is -0.307. The fraction of sp³-hybridized carbons (Fsp3) is 0.312. The maximum atomic E-state index is 14.1. The van der Waals surface area contributed by atoms with Gasteiger partial charge in [-0.1, -0.05) is 17.7 Å². The Bertz CT molecular complexity index is 785. The molecule has 0 aliphatic carbocycles. The zero-order valence-electron chi connectivity index (χ0n) is 13.5. The largest absolute Gasteiger partial charge is 0.308 e. The molecule has 0 saturated heterocycles. The zero-order valence-corrected chi connectivity index (χ0v) is 15.1. The molecule has 0 radical (unpaired) electrons. The summed E-state index contributed by atoms with van der Waals surface area (Å²) in [6, 6.07) is 7.08. The van der Waals surface area contributed by atoms with Gasteiger partial charge < -0.3 is 4.90 Å². The van der Waals surface area contributed by atoms with Gasteiger partial charge in [0, 0.05) is 37.1 Å². The van der Waals surface area contributed by atoms with Crippen LogP contribution in [0, 0.1) is 5.82 Å². The number of likely N-dealkylation sites (N-methyl/N-ethyl adjacent to an activating group) is 1. The van der Waals surface area contributed by atoms with Crippen molar-refractivity contribution in [1.29, 1.82) is 0 Å². The molecule has 0 bridgehead atoms. The quantitative estimate of drug-likeness (QED) is 0.750. The Labute approximate surface area is 146 Å². The van der Waals surface area contributed by atoms with Gasteiger partial charge >= 0.3 is 0 Å². The number of hydrogen-bond acceptors (Lipinski definition) is 4. The van der Waals surface area contributed by atoms with Gasteiger partial charge in [0.1, 0.15) is 10.7 Å². The second-order valence-electron chi connectivity index (χ2n) is 5.58. The third-order valence-electron chi connectivity index (χ3n) is 3.39. The van der Waals surface area contributed by atoms with Crippen molar-refractivity contribution in [1.82, 2.24) is 14.2 Å². The van der Waals surface area contributed by atoms with E-state index in [-0.39, 0.29) is 23.0 Å². The molecule has 0 fully saturated rings. The Hall–Kier alpha value is -1.54. The number of hydrogen-bond donors (Lipinski definition) is 0. The fourth-order valence-electron chi connectivity index (χ4n) is 2.11. The van der Waals surface area contributed by atoms with E-state index in [0.717, 1.165) is 11.6 Å². The summed E-state index contributed by atoms with van der Waals surface area (Å²) in [6.07, 6.45) is 3.21. The second kappa shape index (κ2) is 8.02. The molecule has 0 N–H and O–H groups in total. The fourth-order valence-corrected chi connectivity index (χ4v) is 3.74. The Morgan fingerprint density at radius 3 is 2.54 bits per heavy atom. The van der Waals surface area contributed by atoms with Crippen LogP contribution in [0.2, 0.25) is 5.02 Å². The molecule has 0 atom stereocenters. The predicted molar refractivity (Wildman–Crippen MR) is 91.8 cm³/mol. The van der Waals surface area contributed by atoms with Crippen molar-refractivity contribution < 1.29 is 12.8 Å². The van der Waals surface area contributed by atoms with E-state index in [4.69, 9.17) is 11.6 Å². The van der Waals surface area contributed by atoms with Crippen LogP contribution >= 0.6 is 11.6 Å². The molecule has 0 aliphatic heterocycles. The maximum absolute atomic E-state index is 14.1. The normalized spacial score (nSPS) is 12.1. The molecule has 130 valence electrons. The van der Waals surface area contributed by atoms with Crippen LogP contribution < -0.4 is 0 Å². The molecule has 0 saturated carbocycles. The summed E-state index contributed by atoms with van der Waals surface area (Å²) >= 11 is 5.72. The van der Waals surface area contributed by atoms with Crippen molar-refractivity contribution in [2.24, 2.45) is 0 Å². The van der Waals surface area contributed by atoms with E-state index < -0.39 is 15.8 Å². The average molecular weight is 372 g/mol. The van der Waals surface area contributed by atoms with Gasteiger partial charge in [-0.15, -0.1) is 0 Å². The highest BCUT2D eigenvalue weighted by Crippen LogP contribution is 2.23. The maximum Gasteiger partial charge on any atom is 0.246 e. The Balaban J connectivity index is 2.36. The zero-order chi connectivity index (χ0) is 17.7. The first kappa shape index (κ1) is 18.8. The van der Waals surface area contributed by atoms with Crippen LogP contribution in [-0.2, 0) is 16.6 Å². The summed E-state index contributed by atoms with van der Waals surface area (Å²) in [4.78, 5) is 5.48. The highest BCUT2D eigenvalue weighted by molar-refractivity contribution is 7.89. The van der Waals surface area contributed by atoms with Gasteiger partial charge in [-0.25, -0.2) is 12.8 Å². The first-order valence-corrected chi connectivity index (χ1v) is 9.11. The first-order valence-electron chi connectivity index (χ1n) is 7.29. The van der Waals surface area contributed by atoms with E-state index >= 15 is 0 Å². The third kappa shape index (κ3) is 4.73. The molecule has 1 aromatic heterocycles. The standard InChI is InChI=1S/C16H19ClFN3O2S/c1-20(2)8-9-21(12-13-4-3-7-19-11-13)24(22,23)16-6-5-14(17)10-15(16)18/h3-7,10-11H,8-9,12H2,1-2H3. The van der Waals surface area contributed by atoms with Crippen LogP contribution in [-0.4, -0.2) is 49.8 Å². The Kier molecular flexibility index (Phi) is 6.28. The van der Waals surface area contributed by atoms with Gasteiger partial charge in [0.2, 0.25) is 10.0 Å². The minimum atomic E-state index is -4.00. The predicted octanol–water partition coefficient (Wildman–Crippen LogP) is 2.63. The lowest BCUT2D eigenvalue weighted by molar-refractivity contribution is 0.328. The molecule has 1 aromatic carbocycles. The Morgan fingerprint density at radius 2 is 1.96 bits per heavy atom. The molecule has 0 unspecified atom stereocenters. The van der Waals surface area contributed by atoms with Gasteiger partial charge in [-0.2, -0.15) is 4.31 Å². The van der Waals surface area contributed by atoms with Gasteiger partial charge in [0.25, 0.3) is 0 Å². The molecular formula is C16H19ClFN3O2S. The lowest BCUT2D eigenvalue weighted by atomic mass is 10.3. The average Bonchev–Trinajstić information content (AvgIpc) is 2.51. The number of pyridine rings is 1. The first-order chi connectivity index (χ1) is 11.3. The summed E-state index contributed by atoms with van der Waals surface area (Å²) in [5.41, 5.74) is 0.731. The lowest BCUT2D eigenvalue weighted by Gasteiger charge is -2.24. The number of aromatic nitrogens is 1. The van der Waals surface area contributed by atoms with Gasteiger partial charge in [-0.05, 0) is 43.9 Å². The van der Waals surface area contributed by atoms with Crippen molar-refractivity contribution in [3.8, 4) is 0 Å². The molecule has 24 heavy (non-hydrogen) atoms. The van der Waals surface area contributed by atoms with E-state index in [1.807, 2.05) is 19.0 Å². The van der Waals surface area contributed by atoms with E-state index in [1.165, 1.54) is 16.4 Å². The van der Waals surface area contributed by atoms with Crippen molar-refractivity contribution >= 4 is 21.6 Å². The van der Waals surface area contributed by atoms with Crippen LogP contribution in [0.1, 0.15) is 5.56 Å². The van der Waals surface area contributed by atoms with Crippen LogP contribution in [0.4, 0.5) is 4.39 Å². The molecule has 5 nitrogen and oxygen atoms in total. The van der Waals surface area contributed by atoms with Gasteiger partial charge in [0.05, 0.1) is 0 Å². The number of rotatable bonds is 7. The van der Waals surface area contributed by atoms with Gasteiger partial charge in [0.15, 0.2) is 0 Å². The lowest BCUT2D eigenvalue weighted by Crippen LogP contribution is -2.36. The number of halogens is 2. The van der Waals surface area contributed by atoms with Crippen LogP contribution in [0.25, 0.3) is 0 Å². The van der Waals surface area contributed by atoms with Crippen molar-refractivity contribution in [2.45, 2.75) is 11.4 Å². The van der Waals surface area contributed by atoms with E-state index in [9.17, 15) is 12.8 Å². The Morgan fingerprint density at radius 1 is 1.21 bits per heavy atom. The van der Waals surface area contributed by atoms with Crippen molar-refractivity contribution in [3.63, 3.8) is 0 Å². The van der Waals surface area contributed by atoms with E-state index in [0.29, 0.717) is 6.54 Å². The third-order valence-corrected chi connectivity index (χ3v) is 5.50. The van der Waals surface area contributed by atoms with Gasteiger partial charge in [-0.3, -0.25) is 4.98 Å².